The van der Waals surface area contributed by atoms with Gasteiger partial charge in [0, 0.05) is 13.1 Å². The molecule has 1 heterocycles. The van der Waals surface area contributed by atoms with Crippen LogP contribution in [-0.4, -0.2) is 66.8 Å². The number of rotatable bonds is 5. The van der Waals surface area contributed by atoms with Crippen LogP contribution in [0.1, 0.15) is 12.0 Å². The zero-order chi connectivity index (χ0) is 15.4. The first kappa shape index (κ1) is 15.8. The Bertz CT molecular complexity index is 490. The Morgan fingerprint density at radius 1 is 1.38 bits per heavy atom. The van der Waals surface area contributed by atoms with Gasteiger partial charge in [0.1, 0.15) is 5.75 Å². The fraction of sp³-hybridized carbons (Fsp3) is 0.562. The number of carbonyl (C=O) groups is 1. The molecule has 5 nitrogen and oxygen atoms in total. The summed E-state index contributed by atoms with van der Waals surface area (Å²) in [5.41, 5.74) is 1.06. The van der Waals surface area contributed by atoms with Crippen LogP contribution in [0.15, 0.2) is 24.3 Å². The molecule has 1 aromatic rings. The third-order valence-corrected chi connectivity index (χ3v) is 3.94. The third-order valence-electron chi connectivity index (χ3n) is 3.94. The summed E-state index contributed by atoms with van der Waals surface area (Å²) in [6, 6.07) is 7.78. The molecule has 1 aromatic carbocycles. The summed E-state index contributed by atoms with van der Waals surface area (Å²) >= 11 is 0. The Hall–Kier alpha value is -1.59. The molecule has 1 fully saturated rings. The van der Waals surface area contributed by atoms with Crippen molar-refractivity contribution in [2.24, 2.45) is 0 Å². The second kappa shape index (κ2) is 6.91. The first-order chi connectivity index (χ1) is 9.99. The molecule has 0 aliphatic carbocycles. The lowest BCUT2D eigenvalue weighted by molar-refractivity contribution is -0.131. The van der Waals surface area contributed by atoms with Crippen molar-refractivity contribution < 1.29 is 14.6 Å². The minimum atomic E-state index is -0.471. The average molecular weight is 292 g/mol. The highest BCUT2D eigenvalue weighted by atomic mass is 16.5. The molecule has 2 atom stereocenters. The maximum absolute atomic E-state index is 12.2. The smallest absolute Gasteiger partial charge is 0.226 e. The number of benzene rings is 1. The number of amides is 1. The van der Waals surface area contributed by atoms with Crippen molar-refractivity contribution in [3.05, 3.63) is 29.8 Å². The van der Waals surface area contributed by atoms with Crippen LogP contribution in [0.25, 0.3) is 0 Å². The van der Waals surface area contributed by atoms with Gasteiger partial charge >= 0.3 is 0 Å². The highest BCUT2D eigenvalue weighted by molar-refractivity contribution is 5.76. The van der Waals surface area contributed by atoms with Gasteiger partial charge in [-0.2, -0.15) is 0 Å². The van der Waals surface area contributed by atoms with E-state index in [9.17, 15) is 9.90 Å². The zero-order valence-electron chi connectivity index (χ0n) is 13.0. The number of hydrogen-bond donors (Lipinski definition) is 1. The number of aliphatic hydroxyl groups excluding tert-OH is 1. The number of hydrogen-bond acceptors (Lipinski definition) is 4. The third kappa shape index (κ3) is 3.95. The lowest BCUT2D eigenvalue weighted by Gasteiger charge is -2.21. The van der Waals surface area contributed by atoms with E-state index in [-0.39, 0.29) is 11.9 Å². The Morgan fingerprint density at radius 2 is 2.10 bits per heavy atom. The second-order valence-electron chi connectivity index (χ2n) is 5.76. The molecule has 5 heteroatoms. The van der Waals surface area contributed by atoms with E-state index in [1.165, 1.54) is 0 Å². The number of nitrogens with zero attached hydrogens (tertiary/aromatic N) is 2. The van der Waals surface area contributed by atoms with E-state index in [0.717, 1.165) is 11.3 Å². The van der Waals surface area contributed by atoms with E-state index in [4.69, 9.17) is 4.74 Å². The number of carbonyl (C=O) groups excluding carboxylic acids is 1. The van der Waals surface area contributed by atoms with Crippen LogP contribution in [0, 0.1) is 6.92 Å². The molecule has 2 rings (SSSR count). The molecule has 0 saturated carbocycles. The van der Waals surface area contributed by atoms with E-state index in [2.05, 4.69) is 0 Å². The largest absolute Gasteiger partial charge is 0.493 e. The number of aryl methyl sites for hydroxylation is 1. The summed E-state index contributed by atoms with van der Waals surface area (Å²) in [6.45, 7) is 3.34. The molecule has 21 heavy (non-hydrogen) atoms. The molecule has 1 aliphatic heterocycles. The summed E-state index contributed by atoms with van der Waals surface area (Å²) < 4.78 is 5.65. The molecule has 1 saturated heterocycles. The summed E-state index contributed by atoms with van der Waals surface area (Å²) in [6.07, 6.45) is -0.137. The molecule has 1 amide bonds. The molecule has 0 bridgehead atoms. The van der Waals surface area contributed by atoms with Gasteiger partial charge in [-0.1, -0.05) is 18.2 Å². The van der Waals surface area contributed by atoms with Crippen LogP contribution in [-0.2, 0) is 4.79 Å². The van der Waals surface area contributed by atoms with Crippen LogP contribution >= 0.6 is 0 Å². The van der Waals surface area contributed by atoms with Gasteiger partial charge in [0.05, 0.1) is 25.2 Å². The summed E-state index contributed by atoms with van der Waals surface area (Å²) in [5, 5.41) is 9.95. The molecular formula is C16H24N2O3. The monoisotopic (exact) mass is 292 g/mol. The quantitative estimate of drug-likeness (QED) is 0.876. The normalized spacial score (nSPS) is 21.9. The minimum Gasteiger partial charge on any atom is -0.493 e. The summed E-state index contributed by atoms with van der Waals surface area (Å²) in [5.74, 6) is 0.852. The van der Waals surface area contributed by atoms with Crippen LogP contribution in [0.2, 0.25) is 0 Å². The van der Waals surface area contributed by atoms with Crippen LogP contribution in [0.5, 0.6) is 5.75 Å². The van der Waals surface area contributed by atoms with Gasteiger partial charge in [-0.25, -0.2) is 0 Å². The fourth-order valence-corrected chi connectivity index (χ4v) is 2.61. The molecular weight excluding hydrogens is 268 g/mol. The molecule has 1 aliphatic rings. The number of ether oxygens (including phenoxy) is 1. The van der Waals surface area contributed by atoms with Gasteiger partial charge in [0.2, 0.25) is 5.91 Å². The van der Waals surface area contributed by atoms with Gasteiger partial charge in [-0.05, 0) is 32.6 Å². The highest BCUT2D eigenvalue weighted by Gasteiger charge is 2.34. The standard InChI is InChI=1S/C16H24N2O3/c1-12-6-4-5-7-15(12)21-9-8-16(20)18-10-13(17(2)3)14(19)11-18/h4-7,13-14,19H,8-11H2,1-3H3/t13-,14-/m0/s1. The first-order valence-corrected chi connectivity index (χ1v) is 7.29. The van der Waals surface area contributed by atoms with E-state index >= 15 is 0 Å². The summed E-state index contributed by atoms with van der Waals surface area (Å²) in [7, 11) is 3.84. The maximum Gasteiger partial charge on any atom is 0.226 e. The van der Waals surface area contributed by atoms with E-state index in [1.807, 2.05) is 50.2 Å². The number of likely N-dealkylation sites (tertiary alicyclic amines) is 1. The van der Waals surface area contributed by atoms with Crippen molar-refractivity contribution in [3.8, 4) is 5.75 Å². The highest BCUT2D eigenvalue weighted by Crippen LogP contribution is 2.18. The lowest BCUT2D eigenvalue weighted by Crippen LogP contribution is -2.38. The number of β-amino-alcohol motifs (C(OH)–C–C–N with tert-alkyl or cyclic N) is 1. The van der Waals surface area contributed by atoms with E-state index in [0.29, 0.717) is 26.1 Å². The van der Waals surface area contributed by atoms with Gasteiger partial charge in [0.15, 0.2) is 0 Å². The van der Waals surface area contributed by atoms with Crippen molar-refractivity contribution in [2.75, 3.05) is 33.8 Å². The predicted octanol–water partition coefficient (Wildman–Crippen LogP) is 0.897. The van der Waals surface area contributed by atoms with Crippen molar-refractivity contribution in [2.45, 2.75) is 25.5 Å². The predicted molar refractivity (Wildman–Crippen MR) is 81.4 cm³/mol. The van der Waals surface area contributed by atoms with Gasteiger partial charge < -0.3 is 19.6 Å². The lowest BCUT2D eigenvalue weighted by atomic mass is 10.2. The van der Waals surface area contributed by atoms with Crippen LogP contribution in [0.3, 0.4) is 0 Å². The number of para-hydroxylation sites is 1. The van der Waals surface area contributed by atoms with Gasteiger partial charge in [0.25, 0.3) is 0 Å². The van der Waals surface area contributed by atoms with Crippen molar-refractivity contribution in [1.29, 1.82) is 0 Å². The number of likely N-dealkylation sites (N-methyl/N-ethyl adjacent to an activating group) is 1. The molecule has 1 N–H and O–H groups in total. The van der Waals surface area contributed by atoms with Gasteiger partial charge in [-0.3, -0.25) is 4.79 Å². The molecule has 116 valence electrons. The zero-order valence-corrected chi connectivity index (χ0v) is 13.0. The van der Waals surface area contributed by atoms with Crippen LogP contribution < -0.4 is 4.74 Å². The fourth-order valence-electron chi connectivity index (χ4n) is 2.61. The first-order valence-electron chi connectivity index (χ1n) is 7.29. The van der Waals surface area contributed by atoms with Crippen LogP contribution in [0.4, 0.5) is 0 Å². The second-order valence-corrected chi connectivity index (χ2v) is 5.76. The Kier molecular flexibility index (Phi) is 5.20. The topological polar surface area (TPSA) is 53.0 Å². The van der Waals surface area contributed by atoms with Crippen molar-refractivity contribution in [1.82, 2.24) is 9.80 Å². The van der Waals surface area contributed by atoms with Gasteiger partial charge in [-0.15, -0.1) is 0 Å². The SMILES string of the molecule is Cc1ccccc1OCCC(=O)N1C[C@H](O)[C@@H](N(C)C)C1. The average Bonchev–Trinajstić information content (AvgIpc) is 2.83. The molecule has 0 spiro atoms. The Balaban J connectivity index is 1.79. The Labute approximate surface area is 126 Å². The number of aliphatic hydroxyl groups is 1. The molecule has 0 unspecified atom stereocenters. The van der Waals surface area contributed by atoms with Crippen molar-refractivity contribution in [3.63, 3.8) is 0 Å². The molecule has 0 aromatic heterocycles. The van der Waals surface area contributed by atoms with E-state index < -0.39 is 6.10 Å². The summed E-state index contributed by atoms with van der Waals surface area (Å²) in [4.78, 5) is 15.8. The maximum atomic E-state index is 12.2. The van der Waals surface area contributed by atoms with E-state index in [1.54, 1.807) is 4.90 Å². The van der Waals surface area contributed by atoms with Crippen molar-refractivity contribution >= 4 is 5.91 Å². The minimum absolute atomic E-state index is 0.0197. The Morgan fingerprint density at radius 3 is 2.71 bits per heavy atom. The molecule has 0 radical (unpaired) electrons.